The van der Waals surface area contributed by atoms with Gasteiger partial charge in [0, 0.05) is 36.1 Å². The molecule has 3 heteroatoms. The maximum Gasteiger partial charge on any atom is 0.0363 e. The lowest BCUT2D eigenvalue weighted by atomic mass is 9.88. The second-order valence-corrected chi connectivity index (χ2v) is 8.11. The van der Waals surface area contributed by atoms with Gasteiger partial charge in [-0.05, 0) is 62.1 Å². The van der Waals surface area contributed by atoms with Crippen LogP contribution in [0, 0.1) is 0 Å². The number of hydrogen-bond acceptors (Lipinski definition) is 3. The van der Waals surface area contributed by atoms with Crippen LogP contribution in [0.5, 0.6) is 0 Å². The van der Waals surface area contributed by atoms with Gasteiger partial charge in [-0.2, -0.15) is 0 Å². The van der Waals surface area contributed by atoms with Crippen LogP contribution in [0.2, 0.25) is 0 Å². The van der Waals surface area contributed by atoms with E-state index in [4.69, 9.17) is 0 Å². The van der Waals surface area contributed by atoms with Crippen LogP contribution in [0.1, 0.15) is 61.9 Å². The van der Waals surface area contributed by atoms with Crippen molar-refractivity contribution >= 4 is 11.3 Å². The molecule has 1 aromatic heterocycles. The fraction of sp³-hybridized carbons (Fsp3) is 0.778. The summed E-state index contributed by atoms with van der Waals surface area (Å²) in [5.74, 6) is 0. The molecule has 2 fully saturated rings. The highest BCUT2D eigenvalue weighted by molar-refractivity contribution is 7.10. The highest BCUT2D eigenvalue weighted by Crippen LogP contribution is 2.40. The van der Waals surface area contributed by atoms with Crippen molar-refractivity contribution < 1.29 is 0 Å². The molecule has 0 saturated carbocycles. The van der Waals surface area contributed by atoms with E-state index in [-0.39, 0.29) is 0 Å². The van der Waals surface area contributed by atoms with Gasteiger partial charge in [-0.1, -0.05) is 13.3 Å². The van der Waals surface area contributed by atoms with Gasteiger partial charge in [0.1, 0.15) is 0 Å². The summed E-state index contributed by atoms with van der Waals surface area (Å²) in [6, 6.07) is 4.75. The summed E-state index contributed by atoms with van der Waals surface area (Å²) >= 11 is 1.99. The summed E-state index contributed by atoms with van der Waals surface area (Å²) in [5.41, 5.74) is 1.67. The first-order valence-corrected chi connectivity index (χ1v) is 9.81. The lowest BCUT2D eigenvalue weighted by molar-refractivity contribution is -0.0197. The van der Waals surface area contributed by atoms with Crippen LogP contribution >= 0.6 is 11.3 Å². The van der Waals surface area contributed by atoms with E-state index in [1.54, 1.807) is 10.4 Å². The number of piperazine rings is 1. The zero-order valence-corrected chi connectivity index (χ0v) is 14.1. The highest BCUT2D eigenvalue weighted by atomic mass is 32.1. The summed E-state index contributed by atoms with van der Waals surface area (Å²) in [7, 11) is 0. The van der Waals surface area contributed by atoms with E-state index >= 15 is 0 Å². The molecular formula is C18H28N2S. The molecule has 1 aromatic rings. The molecule has 116 valence electrons. The van der Waals surface area contributed by atoms with Crippen LogP contribution in [-0.4, -0.2) is 41.5 Å². The molecular weight excluding hydrogens is 276 g/mol. The minimum Gasteiger partial charge on any atom is -0.298 e. The molecule has 0 radical (unpaired) electrons. The predicted octanol–water partition coefficient (Wildman–Crippen LogP) is 4.07. The molecule has 3 unspecified atom stereocenters. The van der Waals surface area contributed by atoms with Crippen molar-refractivity contribution in [2.45, 2.75) is 70.0 Å². The Morgan fingerprint density at radius 1 is 1.19 bits per heavy atom. The first kappa shape index (κ1) is 14.2. The van der Waals surface area contributed by atoms with Gasteiger partial charge in [0.25, 0.3) is 0 Å². The topological polar surface area (TPSA) is 6.48 Å². The fourth-order valence-electron chi connectivity index (χ4n) is 4.83. The first-order chi connectivity index (χ1) is 10.4. The van der Waals surface area contributed by atoms with Crippen molar-refractivity contribution in [3.63, 3.8) is 0 Å². The molecule has 3 atom stereocenters. The van der Waals surface area contributed by atoms with Crippen molar-refractivity contribution in [1.29, 1.82) is 0 Å². The number of rotatable bonds is 2. The largest absolute Gasteiger partial charge is 0.298 e. The molecule has 0 spiro atoms. The Kier molecular flexibility index (Phi) is 4.08. The van der Waals surface area contributed by atoms with E-state index < -0.39 is 0 Å². The fourth-order valence-corrected chi connectivity index (χ4v) is 5.81. The standard InChI is InChI=1S/C18H28N2S/c1-2-14-12-19-10-4-3-6-15(19)13-20(14)17-7-5-8-18-16(17)9-11-21-18/h9,11,14-15,17H,2-8,10,12-13H2,1H3. The van der Waals surface area contributed by atoms with E-state index in [1.807, 2.05) is 11.3 Å². The van der Waals surface area contributed by atoms with E-state index in [1.165, 1.54) is 64.6 Å². The molecule has 1 aliphatic carbocycles. The zero-order chi connectivity index (χ0) is 14.2. The monoisotopic (exact) mass is 304 g/mol. The lowest BCUT2D eigenvalue weighted by Gasteiger charge is -2.51. The normalized spacial score (nSPS) is 34.4. The number of piperidine rings is 1. The van der Waals surface area contributed by atoms with Gasteiger partial charge >= 0.3 is 0 Å². The second-order valence-electron chi connectivity index (χ2n) is 7.11. The van der Waals surface area contributed by atoms with Crippen LogP contribution in [0.4, 0.5) is 0 Å². The molecule has 2 nitrogen and oxygen atoms in total. The Hall–Kier alpha value is -0.380. The Morgan fingerprint density at radius 2 is 2.14 bits per heavy atom. The smallest absolute Gasteiger partial charge is 0.0363 e. The first-order valence-electron chi connectivity index (χ1n) is 8.93. The molecule has 2 aliphatic heterocycles. The molecule has 2 saturated heterocycles. The van der Waals surface area contributed by atoms with Crippen LogP contribution in [0.15, 0.2) is 11.4 Å². The molecule has 0 aromatic carbocycles. The predicted molar refractivity (Wildman–Crippen MR) is 90.0 cm³/mol. The van der Waals surface area contributed by atoms with Gasteiger partial charge in [-0.15, -0.1) is 11.3 Å². The van der Waals surface area contributed by atoms with Gasteiger partial charge in [0.05, 0.1) is 0 Å². The van der Waals surface area contributed by atoms with Crippen molar-refractivity contribution in [2.24, 2.45) is 0 Å². The summed E-state index contributed by atoms with van der Waals surface area (Å²) in [6.45, 7) is 6.37. The van der Waals surface area contributed by atoms with Gasteiger partial charge in [0.2, 0.25) is 0 Å². The van der Waals surface area contributed by atoms with Crippen molar-refractivity contribution in [3.05, 3.63) is 21.9 Å². The van der Waals surface area contributed by atoms with Gasteiger partial charge in [-0.25, -0.2) is 0 Å². The highest BCUT2D eigenvalue weighted by Gasteiger charge is 2.39. The van der Waals surface area contributed by atoms with Crippen LogP contribution in [-0.2, 0) is 6.42 Å². The maximum absolute atomic E-state index is 2.90. The van der Waals surface area contributed by atoms with Gasteiger partial charge in [0.15, 0.2) is 0 Å². The van der Waals surface area contributed by atoms with Crippen LogP contribution in [0.25, 0.3) is 0 Å². The lowest BCUT2D eigenvalue weighted by Crippen LogP contribution is -2.60. The van der Waals surface area contributed by atoms with E-state index in [9.17, 15) is 0 Å². The number of thiophene rings is 1. The molecule has 3 heterocycles. The third-order valence-electron chi connectivity index (χ3n) is 5.98. The van der Waals surface area contributed by atoms with Crippen LogP contribution < -0.4 is 0 Å². The molecule has 0 amide bonds. The third kappa shape index (κ3) is 2.58. The number of aryl methyl sites for hydroxylation is 1. The van der Waals surface area contributed by atoms with Crippen LogP contribution in [0.3, 0.4) is 0 Å². The average Bonchev–Trinajstić information content (AvgIpc) is 3.02. The Morgan fingerprint density at radius 3 is 3.05 bits per heavy atom. The SMILES string of the molecule is CCC1CN2CCCCC2CN1C1CCCc2sccc21. The minimum absolute atomic E-state index is 0.717. The van der Waals surface area contributed by atoms with E-state index in [0.717, 1.165) is 12.1 Å². The Labute approximate surface area is 133 Å². The Balaban J connectivity index is 1.58. The minimum atomic E-state index is 0.717. The Bertz CT molecular complexity index is 483. The second kappa shape index (κ2) is 6.02. The molecule has 0 N–H and O–H groups in total. The summed E-state index contributed by atoms with van der Waals surface area (Å²) in [6.07, 6.45) is 9.69. The number of hydrogen-bond donors (Lipinski definition) is 0. The average molecular weight is 305 g/mol. The van der Waals surface area contributed by atoms with E-state index in [0.29, 0.717) is 6.04 Å². The quantitative estimate of drug-likeness (QED) is 0.812. The molecule has 21 heavy (non-hydrogen) atoms. The maximum atomic E-state index is 2.90. The zero-order valence-electron chi connectivity index (χ0n) is 13.3. The number of nitrogens with zero attached hydrogens (tertiary/aromatic N) is 2. The van der Waals surface area contributed by atoms with Gasteiger partial charge < -0.3 is 0 Å². The van der Waals surface area contributed by atoms with Gasteiger partial charge in [-0.3, -0.25) is 9.80 Å². The summed E-state index contributed by atoms with van der Waals surface area (Å²) < 4.78 is 0. The molecule has 4 rings (SSSR count). The number of fused-ring (bicyclic) bond motifs is 2. The van der Waals surface area contributed by atoms with Crippen molar-refractivity contribution in [2.75, 3.05) is 19.6 Å². The molecule has 0 bridgehead atoms. The summed E-state index contributed by atoms with van der Waals surface area (Å²) in [5, 5.41) is 2.32. The summed E-state index contributed by atoms with van der Waals surface area (Å²) in [4.78, 5) is 7.37. The van der Waals surface area contributed by atoms with Crippen molar-refractivity contribution in [1.82, 2.24) is 9.80 Å². The van der Waals surface area contributed by atoms with E-state index in [2.05, 4.69) is 28.2 Å². The third-order valence-corrected chi connectivity index (χ3v) is 6.97. The molecule has 3 aliphatic rings. The van der Waals surface area contributed by atoms with Crippen molar-refractivity contribution in [3.8, 4) is 0 Å².